The van der Waals surface area contributed by atoms with Crippen molar-refractivity contribution < 1.29 is 4.42 Å². The highest BCUT2D eigenvalue weighted by atomic mass is 79.9. The molecule has 3 rings (SSSR count). The molecule has 102 valence electrons. The van der Waals surface area contributed by atoms with Gasteiger partial charge in [-0.3, -0.25) is 4.90 Å². The quantitative estimate of drug-likeness (QED) is 0.927. The Kier molecular flexibility index (Phi) is 3.97. The molecule has 3 heterocycles. The lowest BCUT2D eigenvalue weighted by molar-refractivity contribution is 0.189. The number of hydrogen-bond donors (Lipinski definition) is 1. The number of piperidine rings is 1. The molecule has 0 atom stereocenters. The Balaban J connectivity index is 1.65. The minimum Gasteiger partial charge on any atom is -0.419 e. The summed E-state index contributed by atoms with van der Waals surface area (Å²) in [5.41, 5.74) is 5.89. The van der Waals surface area contributed by atoms with Crippen molar-refractivity contribution in [3.63, 3.8) is 0 Å². The normalized spacial score (nSPS) is 18.0. The number of nitrogens with two attached hydrogens (primary N) is 1. The average Bonchev–Trinajstić information content (AvgIpc) is 3.01. The molecule has 2 aromatic heterocycles. The third-order valence-corrected chi connectivity index (χ3v) is 4.85. The molecule has 0 radical (unpaired) electrons. The highest BCUT2D eigenvalue weighted by molar-refractivity contribution is 9.11. The lowest BCUT2D eigenvalue weighted by Gasteiger charge is -2.28. The van der Waals surface area contributed by atoms with Gasteiger partial charge in [0, 0.05) is 19.1 Å². The van der Waals surface area contributed by atoms with Crippen LogP contribution in [-0.2, 0) is 6.54 Å². The maximum atomic E-state index is 5.89. The minimum absolute atomic E-state index is 0.345. The Morgan fingerprint density at radius 2 is 2.16 bits per heavy atom. The van der Waals surface area contributed by atoms with Crippen LogP contribution in [0.15, 0.2) is 20.3 Å². The fraction of sp³-hybridized carbons (Fsp3) is 0.500. The fourth-order valence-electron chi connectivity index (χ4n) is 2.15. The first-order valence-electron chi connectivity index (χ1n) is 6.27. The van der Waals surface area contributed by atoms with E-state index in [4.69, 9.17) is 10.2 Å². The minimum atomic E-state index is 0.345. The van der Waals surface area contributed by atoms with Crippen molar-refractivity contribution in [1.29, 1.82) is 0 Å². The highest BCUT2D eigenvalue weighted by Gasteiger charge is 2.19. The molecule has 5 nitrogen and oxygen atoms in total. The lowest BCUT2D eigenvalue weighted by Crippen LogP contribution is -2.39. The first-order chi connectivity index (χ1) is 9.20. The molecule has 0 unspecified atom stereocenters. The van der Waals surface area contributed by atoms with E-state index in [2.05, 4.69) is 31.0 Å². The Hall–Kier alpha value is -0.760. The molecular weight excluding hydrogens is 328 g/mol. The standard InChI is InChI=1S/C12H15BrN4OS/c13-10-2-1-9(19-10)12-16-15-11(18-12)7-17-5-3-8(14)4-6-17/h1-2,8H,3-7,14H2. The van der Waals surface area contributed by atoms with E-state index in [-0.39, 0.29) is 0 Å². The number of likely N-dealkylation sites (tertiary alicyclic amines) is 1. The van der Waals surface area contributed by atoms with Crippen molar-refractivity contribution in [1.82, 2.24) is 15.1 Å². The predicted octanol–water partition coefficient (Wildman–Crippen LogP) is 2.48. The molecule has 0 bridgehead atoms. The van der Waals surface area contributed by atoms with Crippen molar-refractivity contribution in [2.45, 2.75) is 25.4 Å². The molecule has 0 spiro atoms. The van der Waals surface area contributed by atoms with Crippen LogP contribution in [0.25, 0.3) is 10.8 Å². The monoisotopic (exact) mass is 342 g/mol. The molecular formula is C12H15BrN4OS. The molecule has 2 aromatic rings. The Morgan fingerprint density at radius 1 is 1.37 bits per heavy atom. The van der Waals surface area contributed by atoms with E-state index in [9.17, 15) is 0 Å². The van der Waals surface area contributed by atoms with Crippen molar-refractivity contribution in [3.05, 3.63) is 21.8 Å². The van der Waals surface area contributed by atoms with Gasteiger partial charge in [0.25, 0.3) is 5.89 Å². The zero-order valence-corrected chi connectivity index (χ0v) is 12.8. The number of nitrogens with zero attached hydrogens (tertiary/aromatic N) is 3. The summed E-state index contributed by atoms with van der Waals surface area (Å²) >= 11 is 5.02. The predicted molar refractivity (Wildman–Crippen MR) is 77.8 cm³/mol. The number of hydrogen-bond acceptors (Lipinski definition) is 6. The van der Waals surface area contributed by atoms with Crippen molar-refractivity contribution in [2.24, 2.45) is 5.73 Å². The molecule has 1 aliphatic heterocycles. The van der Waals surface area contributed by atoms with Crippen molar-refractivity contribution in [3.8, 4) is 10.8 Å². The SMILES string of the molecule is NC1CCN(Cc2nnc(-c3ccc(Br)s3)o2)CC1. The molecule has 0 saturated carbocycles. The van der Waals surface area contributed by atoms with Gasteiger partial charge >= 0.3 is 0 Å². The maximum Gasteiger partial charge on any atom is 0.257 e. The summed E-state index contributed by atoms with van der Waals surface area (Å²) in [6.07, 6.45) is 2.08. The number of rotatable bonds is 3. The van der Waals surface area contributed by atoms with Crippen LogP contribution >= 0.6 is 27.3 Å². The number of aromatic nitrogens is 2. The van der Waals surface area contributed by atoms with Crippen LogP contribution in [0.1, 0.15) is 18.7 Å². The van der Waals surface area contributed by atoms with Gasteiger partial charge in [-0.05, 0) is 40.9 Å². The van der Waals surface area contributed by atoms with Crippen LogP contribution in [0.5, 0.6) is 0 Å². The third-order valence-electron chi connectivity index (χ3n) is 3.24. The summed E-state index contributed by atoms with van der Waals surface area (Å²) in [6, 6.07) is 4.31. The van der Waals surface area contributed by atoms with E-state index in [1.54, 1.807) is 11.3 Å². The molecule has 0 amide bonds. The topological polar surface area (TPSA) is 68.2 Å². The van der Waals surface area contributed by atoms with Gasteiger partial charge in [0.15, 0.2) is 0 Å². The van der Waals surface area contributed by atoms with Crippen LogP contribution in [-0.4, -0.2) is 34.2 Å². The third kappa shape index (κ3) is 3.22. The molecule has 1 fully saturated rings. The molecule has 0 aliphatic carbocycles. The van der Waals surface area contributed by atoms with Crippen LogP contribution in [0.2, 0.25) is 0 Å². The van der Waals surface area contributed by atoms with Gasteiger partial charge in [-0.15, -0.1) is 21.5 Å². The van der Waals surface area contributed by atoms with Crippen molar-refractivity contribution in [2.75, 3.05) is 13.1 Å². The van der Waals surface area contributed by atoms with E-state index in [0.29, 0.717) is 24.4 Å². The summed E-state index contributed by atoms with van der Waals surface area (Å²) in [7, 11) is 0. The van der Waals surface area contributed by atoms with Gasteiger partial charge in [0.1, 0.15) is 0 Å². The number of halogens is 1. The van der Waals surface area contributed by atoms with Crippen LogP contribution in [0.4, 0.5) is 0 Å². The van der Waals surface area contributed by atoms with E-state index >= 15 is 0 Å². The van der Waals surface area contributed by atoms with Gasteiger partial charge in [0.2, 0.25) is 5.89 Å². The molecule has 2 N–H and O–H groups in total. The summed E-state index contributed by atoms with van der Waals surface area (Å²) < 4.78 is 6.77. The van der Waals surface area contributed by atoms with Gasteiger partial charge in [-0.2, -0.15) is 0 Å². The van der Waals surface area contributed by atoms with E-state index in [1.165, 1.54) is 0 Å². The van der Waals surface area contributed by atoms with E-state index < -0.39 is 0 Å². The summed E-state index contributed by atoms with van der Waals surface area (Å²) in [6.45, 7) is 2.72. The second kappa shape index (κ2) is 5.70. The largest absolute Gasteiger partial charge is 0.419 e. The van der Waals surface area contributed by atoms with Gasteiger partial charge in [-0.1, -0.05) is 0 Å². The molecule has 0 aromatic carbocycles. The summed E-state index contributed by atoms with van der Waals surface area (Å²) in [4.78, 5) is 3.30. The first kappa shape index (κ1) is 13.2. The average molecular weight is 343 g/mol. The van der Waals surface area contributed by atoms with Crippen LogP contribution < -0.4 is 5.73 Å². The van der Waals surface area contributed by atoms with Gasteiger partial charge in [0.05, 0.1) is 15.2 Å². The molecule has 19 heavy (non-hydrogen) atoms. The molecule has 7 heteroatoms. The lowest BCUT2D eigenvalue weighted by atomic mass is 10.1. The summed E-state index contributed by atoms with van der Waals surface area (Å²) in [5.74, 6) is 1.27. The zero-order valence-electron chi connectivity index (χ0n) is 10.4. The second-order valence-electron chi connectivity index (χ2n) is 4.72. The first-order valence-corrected chi connectivity index (χ1v) is 7.87. The summed E-state index contributed by atoms with van der Waals surface area (Å²) in [5, 5.41) is 8.22. The number of thiophene rings is 1. The maximum absolute atomic E-state index is 5.89. The van der Waals surface area contributed by atoms with Crippen LogP contribution in [0, 0.1) is 0 Å². The van der Waals surface area contributed by atoms with Crippen molar-refractivity contribution >= 4 is 27.3 Å². The Morgan fingerprint density at radius 3 is 2.84 bits per heavy atom. The van der Waals surface area contributed by atoms with Gasteiger partial charge < -0.3 is 10.2 Å². The zero-order chi connectivity index (χ0) is 13.2. The fourth-order valence-corrected chi connectivity index (χ4v) is 3.46. The highest BCUT2D eigenvalue weighted by Crippen LogP contribution is 2.30. The van der Waals surface area contributed by atoms with Gasteiger partial charge in [-0.25, -0.2) is 0 Å². The Labute approximate surface area is 123 Å². The van der Waals surface area contributed by atoms with E-state index in [1.807, 2.05) is 12.1 Å². The van der Waals surface area contributed by atoms with Crippen LogP contribution in [0.3, 0.4) is 0 Å². The Bertz CT molecular complexity index is 547. The van der Waals surface area contributed by atoms with E-state index in [0.717, 1.165) is 34.6 Å². The second-order valence-corrected chi connectivity index (χ2v) is 7.18. The molecule has 1 saturated heterocycles. The smallest absolute Gasteiger partial charge is 0.257 e. The molecule has 1 aliphatic rings.